The predicted octanol–water partition coefficient (Wildman–Crippen LogP) is 2.10. The van der Waals surface area contributed by atoms with Gasteiger partial charge >= 0.3 is 0 Å². The second kappa shape index (κ2) is 4.66. The summed E-state index contributed by atoms with van der Waals surface area (Å²) < 4.78 is 0. The molecule has 80 valence electrons. The fraction of sp³-hybridized carbons (Fsp3) is 0.455. The summed E-state index contributed by atoms with van der Waals surface area (Å²) in [5.41, 5.74) is 1.19. The Morgan fingerprint density at radius 1 is 1.67 bits per heavy atom. The molecule has 0 saturated carbocycles. The molecule has 1 aliphatic rings. The zero-order valence-electron chi connectivity index (χ0n) is 8.72. The van der Waals surface area contributed by atoms with E-state index in [2.05, 4.69) is 11.1 Å². The topological polar surface area (TPSA) is 33.2 Å². The van der Waals surface area contributed by atoms with E-state index < -0.39 is 0 Å². The summed E-state index contributed by atoms with van der Waals surface area (Å²) in [4.78, 5) is 17.1. The Balaban J connectivity index is 2.31. The first-order valence-corrected chi connectivity index (χ1v) is 6.29. The highest BCUT2D eigenvalue weighted by Crippen LogP contribution is 2.34. The van der Waals surface area contributed by atoms with Crippen LogP contribution in [0.5, 0.6) is 0 Å². The van der Waals surface area contributed by atoms with Crippen molar-refractivity contribution in [3.8, 4) is 0 Å². The quantitative estimate of drug-likeness (QED) is 0.580. The summed E-state index contributed by atoms with van der Waals surface area (Å²) in [5, 5.41) is 1.04. The van der Waals surface area contributed by atoms with Gasteiger partial charge < -0.3 is 4.90 Å². The highest BCUT2D eigenvalue weighted by Gasteiger charge is 2.26. The molecule has 3 nitrogen and oxygen atoms in total. The molecule has 1 saturated heterocycles. The van der Waals surface area contributed by atoms with Crippen LogP contribution in [-0.4, -0.2) is 29.1 Å². The minimum Gasteiger partial charge on any atom is -0.338 e. The lowest BCUT2D eigenvalue weighted by Crippen LogP contribution is -2.21. The van der Waals surface area contributed by atoms with Crippen molar-refractivity contribution < 1.29 is 4.79 Å². The molecule has 1 amide bonds. The summed E-state index contributed by atoms with van der Waals surface area (Å²) in [6, 6.07) is 4.25. The Hall–Kier alpha value is -1.03. The average molecular weight is 222 g/mol. The molecule has 0 radical (unpaired) electrons. The van der Waals surface area contributed by atoms with Crippen molar-refractivity contribution >= 4 is 18.2 Å². The minimum absolute atomic E-state index is 0.235. The van der Waals surface area contributed by atoms with Gasteiger partial charge in [0.15, 0.2) is 0 Å². The van der Waals surface area contributed by atoms with Crippen LogP contribution in [0.25, 0.3) is 0 Å². The van der Waals surface area contributed by atoms with Crippen LogP contribution in [0.1, 0.15) is 24.4 Å². The summed E-state index contributed by atoms with van der Waals surface area (Å²) >= 11 is 1.64. The van der Waals surface area contributed by atoms with Gasteiger partial charge in [-0.2, -0.15) is 0 Å². The van der Waals surface area contributed by atoms with Crippen molar-refractivity contribution in [1.29, 1.82) is 0 Å². The number of carbonyl (C=O) groups excluding carboxylic acids is 1. The smallest absolute Gasteiger partial charge is 0.210 e. The van der Waals surface area contributed by atoms with Gasteiger partial charge in [-0.25, -0.2) is 4.98 Å². The standard InChI is InChI=1S/C11H14N2OS/c1-15-11-9(4-2-6-12-11)10-5-3-7-13(10)8-14/h2,4,6,8,10H,3,5,7H2,1H3. The first kappa shape index (κ1) is 10.5. The van der Waals surface area contributed by atoms with E-state index in [1.165, 1.54) is 5.56 Å². The molecule has 1 aromatic rings. The third-order valence-corrected chi connectivity index (χ3v) is 3.51. The van der Waals surface area contributed by atoms with Crippen molar-refractivity contribution in [2.45, 2.75) is 23.9 Å². The van der Waals surface area contributed by atoms with Gasteiger partial charge in [-0.1, -0.05) is 6.07 Å². The number of amides is 1. The third-order valence-electron chi connectivity index (χ3n) is 2.78. The van der Waals surface area contributed by atoms with Crippen molar-refractivity contribution in [3.63, 3.8) is 0 Å². The third kappa shape index (κ3) is 2.00. The SMILES string of the molecule is CSc1ncccc1C1CCCN1C=O. The van der Waals surface area contributed by atoms with Crippen molar-refractivity contribution in [2.24, 2.45) is 0 Å². The molecular weight excluding hydrogens is 208 g/mol. The van der Waals surface area contributed by atoms with Gasteiger partial charge in [0, 0.05) is 18.3 Å². The van der Waals surface area contributed by atoms with Gasteiger partial charge in [-0.15, -0.1) is 11.8 Å². The lowest BCUT2D eigenvalue weighted by molar-refractivity contribution is -0.118. The molecule has 4 heteroatoms. The minimum atomic E-state index is 0.235. The summed E-state index contributed by atoms with van der Waals surface area (Å²) in [7, 11) is 0. The Kier molecular flexibility index (Phi) is 3.26. The monoisotopic (exact) mass is 222 g/mol. The van der Waals surface area contributed by atoms with Crippen LogP contribution >= 0.6 is 11.8 Å². The first-order valence-electron chi connectivity index (χ1n) is 5.06. The highest BCUT2D eigenvalue weighted by molar-refractivity contribution is 7.98. The maximum Gasteiger partial charge on any atom is 0.210 e. The number of thioether (sulfide) groups is 1. The second-order valence-electron chi connectivity index (χ2n) is 3.60. The van der Waals surface area contributed by atoms with Gasteiger partial charge in [0.25, 0.3) is 0 Å². The molecule has 1 atom stereocenters. The molecule has 0 bridgehead atoms. The molecule has 2 rings (SSSR count). The van der Waals surface area contributed by atoms with E-state index in [0.717, 1.165) is 30.8 Å². The fourth-order valence-corrected chi connectivity index (χ4v) is 2.68. The van der Waals surface area contributed by atoms with Gasteiger partial charge in [0.05, 0.1) is 6.04 Å². The normalized spacial score (nSPS) is 20.6. The summed E-state index contributed by atoms with van der Waals surface area (Å²) in [5.74, 6) is 0. The van der Waals surface area contributed by atoms with E-state index >= 15 is 0 Å². The number of hydrogen-bond acceptors (Lipinski definition) is 3. The summed E-state index contributed by atoms with van der Waals surface area (Å²) in [6.45, 7) is 0.872. The molecule has 15 heavy (non-hydrogen) atoms. The molecule has 0 aromatic carbocycles. The van der Waals surface area contributed by atoms with Gasteiger partial charge in [-0.3, -0.25) is 4.79 Å². The van der Waals surface area contributed by atoms with E-state index in [1.54, 1.807) is 18.0 Å². The van der Waals surface area contributed by atoms with Gasteiger partial charge in [-0.05, 0) is 25.2 Å². The van der Waals surface area contributed by atoms with Crippen molar-refractivity contribution in [2.75, 3.05) is 12.8 Å². The number of aromatic nitrogens is 1. The van der Waals surface area contributed by atoms with E-state index in [-0.39, 0.29) is 6.04 Å². The Morgan fingerprint density at radius 2 is 2.53 bits per heavy atom. The van der Waals surface area contributed by atoms with Crippen molar-refractivity contribution in [3.05, 3.63) is 23.9 Å². The zero-order valence-corrected chi connectivity index (χ0v) is 9.54. The molecule has 1 aromatic heterocycles. The lowest BCUT2D eigenvalue weighted by atomic mass is 10.1. The van der Waals surface area contributed by atoms with Crippen LogP contribution in [0.2, 0.25) is 0 Å². The lowest BCUT2D eigenvalue weighted by Gasteiger charge is -2.21. The van der Waals surface area contributed by atoms with E-state index in [0.29, 0.717) is 0 Å². The maximum atomic E-state index is 10.9. The summed E-state index contributed by atoms with van der Waals surface area (Å²) in [6.07, 6.45) is 6.92. The number of pyridine rings is 1. The van der Waals surface area contributed by atoms with E-state index in [1.807, 2.05) is 17.2 Å². The first-order chi connectivity index (χ1) is 7.36. The largest absolute Gasteiger partial charge is 0.338 e. The zero-order chi connectivity index (χ0) is 10.7. The second-order valence-corrected chi connectivity index (χ2v) is 4.40. The molecule has 0 aliphatic carbocycles. The molecular formula is C11H14N2OS. The number of rotatable bonds is 3. The average Bonchev–Trinajstić information content (AvgIpc) is 2.76. The molecule has 0 spiro atoms. The molecule has 1 unspecified atom stereocenters. The predicted molar refractivity (Wildman–Crippen MR) is 60.8 cm³/mol. The molecule has 1 fully saturated rings. The number of carbonyl (C=O) groups is 1. The highest BCUT2D eigenvalue weighted by atomic mass is 32.2. The molecule has 0 N–H and O–H groups in total. The number of likely N-dealkylation sites (tertiary alicyclic amines) is 1. The molecule has 2 heterocycles. The fourth-order valence-electron chi connectivity index (χ4n) is 2.08. The Morgan fingerprint density at radius 3 is 3.27 bits per heavy atom. The Labute approximate surface area is 93.9 Å². The van der Waals surface area contributed by atoms with Crippen LogP contribution in [0, 0.1) is 0 Å². The van der Waals surface area contributed by atoms with Crippen molar-refractivity contribution in [1.82, 2.24) is 9.88 Å². The molecule has 1 aliphatic heterocycles. The van der Waals surface area contributed by atoms with E-state index in [9.17, 15) is 4.79 Å². The van der Waals surface area contributed by atoms with Crippen LogP contribution in [0.3, 0.4) is 0 Å². The Bertz CT molecular complexity index is 356. The van der Waals surface area contributed by atoms with Crippen LogP contribution in [-0.2, 0) is 4.79 Å². The van der Waals surface area contributed by atoms with Gasteiger partial charge in [0.2, 0.25) is 6.41 Å². The number of hydrogen-bond donors (Lipinski definition) is 0. The maximum absolute atomic E-state index is 10.9. The van der Waals surface area contributed by atoms with Crippen LogP contribution in [0.4, 0.5) is 0 Å². The van der Waals surface area contributed by atoms with Crippen LogP contribution in [0.15, 0.2) is 23.4 Å². The number of nitrogens with zero attached hydrogens (tertiary/aromatic N) is 2. The van der Waals surface area contributed by atoms with Crippen LogP contribution < -0.4 is 0 Å². The van der Waals surface area contributed by atoms with Gasteiger partial charge in [0.1, 0.15) is 5.03 Å². The van der Waals surface area contributed by atoms with E-state index in [4.69, 9.17) is 0 Å².